The van der Waals surface area contributed by atoms with Crippen LogP contribution < -0.4 is 4.74 Å². The van der Waals surface area contributed by atoms with Gasteiger partial charge in [-0.2, -0.15) is 5.10 Å². The molecule has 2 aromatic rings. The fourth-order valence-electron chi connectivity index (χ4n) is 3.05. The second-order valence-corrected chi connectivity index (χ2v) is 7.55. The summed E-state index contributed by atoms with van der Waals surface area (Å²) in [5, 5.41) is 4.44. The van der Waals surface area contributed by atoms with E-state index in [0.717, 1.165) is 30.7 Å². The van der Waals surface area contributed by atoms with Gasteiger partial charge in [-0.3, -0.25) is 4.79 Å². The molecular formula is C22H32N2O2. The van der Waals surface area contributed by atoms with Crippen molar-refractivity contribution in [1.82, 2.24) is 9.78 Å². The number of rotatable bonds is 8. The third kappa shape index (κ3) is 4.96. The predicted octanol–water partition coefficient (Wildman–Crippen LogP) is 5.32. The van der Waals surface area contributed by atoms with E-state index < -0.39 is 0 Å². The molecule has 2 rings (SSSR count). The monoisotopic (exact) mass is 356 g/mol. The van der Waals surface area contributed by atoms with Gasteiger partial charge in [0, 0.05) is 5.69 Å². The lowest BCUT2D eigenvalue weighted by molar-refractivity contribution is 0.0818. The Morgan fingerprint density at radius 2 is 1.81 bits per heavy atom. The minimum absolute atomic E-state index is 0.00570. The molecule has 26 heavy (non-hydrogen) atoms. The number of aromatic nitrogens is 2. The summed E-state index contributed by atoms with van der Waals surface area (Å²) in [6, 6.07) is 8.01. The van der Waals surface area contributed by atoms with Gasteiger partial charge in [0.05, 0.1) is 5.69 Å². The molecule has 0 aliphatic carbocycles. The van der Waals surface area contributed by atoms with E-state index in [2.05, 4.69) is 44.9 Å². The number of ether oxygens (including phenoxy) is 1. The molecule has 0 fully saturated rings. The highest BCUT2D eigenvalue weighted by atomic mass is 16.5. The van der Waals surface area contributed by atoms with E-state index in [0.29, 0.717) is 17.6 Å². The molecule has 1 aromatic heterocycles. The molecule has 4 heteroatoms. The first-order chi connectivity index (χ1) is 12.3. The zero-order chi connectivity index (χ0) is 19.3. The number of nitrogens with zero attached hydrogens (tertiary/aromatic N) is 2. The number of hydrogen-bond acceptors (Lipinski definition) is 3. The van der Waals surface area contributed by atoms with E-state index in [9.17, 15) is 4.79 Å². The molecule has 0 saturated carbocycles. The van der Waals surface area contributed by atoms with Crippen molar-refractivity contribution in [1.29, 1.82) is 0 Å². The molecule has 0 bridgehead atoms. The summed E-state index contributed by atoms with van der Waals surface area (Å²) < 4.78 is 7.18. The minimum Gasteiger partial charge on any atom is -0.484 e. The highest BCUT2D eigenvalue weighted by Crippen LogP contribution is 2.22. The zero-order valence-electron chi connectivity index (χ0n) is 17.0. The van der Waals surface area contributed by atoms with Crippen LogP contribution in [0.4, 0.5) is 0 Å². The first-order valence-electron chi connectivity index (χ1n) is 9.64. The fourth-order valence-corrected chi connectivity index (χ4v) is 3.05. The van der Waals surface area contributed by atoms with Crippen LogP contribution in [0.15, 0.2) is 24.3 Å². The van der Waals surface area contributed by atoms with Crippen LogP contribution in [0.2, 0.25) is 0 Å². The summed E-state index contributed by atoms with van der Waals surface area (Å²) in [6.45, 7) is 12.7. The zero-order valence-corrected chi connectivity index (χ0v) is 17.0. The average Bonchev–Trinajstić information content (AvgIpc) is 2.91. The molecule has 0 N–H and O–H groups in total. The second-order valence-electron chi connectivity index (χ2n) is 7.55. The van der Waals surface area contributed by atoms with Gasteiger partial charge in [-0.15, -0.1) is 0 Å². The van der Waals surface area contributed by atoms with Crippen molar-refractivity contribution in [2.45, 2.75) is 66.7 Å². The quantitative estimate of drug-likeness (QED) is 0.643. The van der Waals surface area contributed by atoms with E-state index >= 15 is 0 Å². The van der Waals surface area contributed by atoms with E-state index in [1.807, 2.05) is 26.0 Å². The van der Waals surface area contributed by atoms with Crippen LogP contribution in [0.25, 0.3) is 0 Å². The molecule has 0 aliphatic heterocycles. The van der Waals surface area contributed by atoms with Crippen LogP contribution in [-0.4, -0.2) is 22.3 Å². The lowest BCUT2D eigenvalue weighted by Gasteiger charge is -2.11. The van der Waals surface area contributed by atoms with Crippen molar-refractivity contribution in [3.05, 3.63) is 46.8 Å². The Labute approximate surface area is 157 Å². The van der Waals surface area contributed by atoms with Gasteiger partial charge in [0.15, 0.2) is 6.61 Å². The van der Waals surface area contributed by atoms with Crippen molar-refractivity contribution in [2.24, 2.45) is 5.92 Å². The van der Waals surface area contributed by atoms with Crippen molar-refractivity contribution >= 4 is 5.91 Å². The van der Waals surface area contributed by atoms with Gasteiger partial charge in [-0.05, 0) is 68.2 Å². The molecule has 0 amide bonds. The maximum atomic E-state index is 12.5. The molecule has 142 valence electrons. The molecule has 4 nitrogen and oxygen atoms in total. The second kappa shape index (κ2) is 9.02. The van der Waals surface area contributed by atoms with Gasteiger partial charge in [-0.1, -0.05) is 39.8 Å². The normalized spacial score (nSPS) is 12.4. The van der Waals surface area contributed by atoms with Crippen molar-refractivity contribution in [3.63, 3.8) is 0 Å². The maximum absolute atomic E-state index is 12.5. The summed E-state index contributed by atoms with van der Waals surface area (Å²) >= 11 is 0. The molecule has 1 atom stereocenters. The number of hydrogen-bond donors (Lipinski definition) is 0. The van der Waals surface area contributed by atoms with E-state index in [4.69, 9.17) is 4.74 Å². The van der Waals surface area contributed by atoms with Gasteiger partial charge < -0.3 is 4.74 Å². The molecule has 1 unspecified atom stereocenters. The average molecular weight is 357 g/mol. The van der Waals surface area contributed by atoms with Gasteiger partial charge in [0.2, 0.25) is 0 Å². The maximum Gasteiger partial charge on any atom is 0.284 e. The highest BCUT2D eigenvalue weighted by Gasteiger charge is 2.17. The Morgan fingerprint density at radius 3 is 2.38 bits per heavy atom. The molecule has 0 aliphatic rings. The summed E-state index contributed by atoms with van der Waals surface area (Å²) in [6.07, 6.45) is 3.16. The third-order valence-corrected chi connectivity index (χ3v) is 5.07. The van der Waals surface area contributed by atoms with E-state index in [1.165, 1.54) is 15.8 Å². The van der Waals surface area contributed by atoms with Gasteiger partial charge >= 0.3 is 0 Å². The fraction of sp³-hybridized carbons (Fsp3) is 0.545. The number of carbonyl (C=O) groups is 1. The van der Waals surface area contributed by atoms with Gasteiger partial charge in [0.1, 0.15) is 5.75 Å². The highest BCUT2D eigenvalue weighted by molar-refractivity contribution is 5.80. The molecule has 1 heterocycles. The summed E-state index contributed by atoms with van der Waals surface area (Å²) in [5.41, 5.74) is 4.35. The Balaban J connectivity index is 2.00. The molecule has 0 radical (unpaired) electrons. The summed E-state index contributed by atoms with van der Waals surface area (Å²) in [5.74, 6) is 1.75. The van der Waals surface area contributed by atoms with Gasteiger partial charge in [0.25, 0.3) is 5.91 Å². The number of aryl methyl sites for hydroxylation is 1. The van der Waals surface area contributed by atoms with Crippen LogP contribution in [0.3, 0.4) is 0 Å². The first kappa shape index (κ1) is 20.2. The third-order valence-electron chi connectivity index (χ3n) is 5.07. The van der Waals surface area contributed by atoms with E-state index in [-0.39, 0.29) is 12.5 Å². The molecule has 0 saturated heterocycles. The van der Waals surface area contributed by atoms with Crippen LogP contribution in [-0.2, 0) is 6.42 Å². The SMILES string of the molecule is CCC(C)c1ccc(OCC(=O)n2nc(C)c(CCC(C)C)c2C)cc1. The van der Waals surface area contributed by atoms with Crippen LogP contribution in [0, 0.1) is 19.8 Å². The molecule has 0 spiro atoms. The van der Waals surface area contributed by atoms with Crippen LogP contribution in [0.5, 0.6) is 5.75 Å². The molecular weight excluding hydrogens is 324 g/mol. The Bertz CT molecular complexity index is 729. The largest absolute Gasteiger partial charge is 0.484 e. The Hall–Kier alpha value is -2.10. The van der Waals surface area contributed by atoms with Crippen LogP contribution >= 0.6 is 0 Å². The smallest absolute Gasteiger partial charge is 0.284 e. The van der Waals surface area contributed by atoms with Crippen LogP contribution in [0.1, 0.15) is 73.8 Å². The standard InChI is InChI=1S/C22H32N2O2/c1-7-16(4)19-9-11-20(12-10-19)26-14-22(25)24-18(6)21(17(5)23-24)13-8-15(2)3/h9-12,15-16H,7-8,13-14H2,1-6H3. The minimum atomic E-state index is -0.132. The summed E-state index contributed by atoms with van der Waals surface area (Å²) in [7, 11) is 0. The Morgan fingerprint density at radius 1 is 1.15 bits per heavy atom. The van der Waals surface area contributed by atoms with Crippen molar-refractivity contribution < 1.29 is 9.53 Å². The number of carbonyl (C=O) groups excluding carboxylic acids is 1. The van der Waals surface area contributed by atoms with Crippen molar-refractivity contribution in [3.8, 4) is 5.75 Å². The predicted molar refractivity (Wildman–Crippen MR) is 106 cm³/mol. The lowest BCUT2D eigenvalue weighted by atomic mass is 9.99. The summed E-state index contributed by atoms with van der Waals surface area (Å²) in [4.78, 5) is 12.5. The lowest BCUT2D eigenvalue weighted by Crippen LogP contribution is -2.21. The molecule has 1 aromatic carbocycles. The first-order valence-corrected chi connectivity index (χ1v) is 9.64. The van der Waals surface area contributed by atoms with Gasteiger partial charge in [-0.25, -0.2) is 4.68 Å². The van der Waals surface area contributed by atoms with Crippen molar-refractivity contribution in [2.75, 3.05) is 6.61 Å². The number of benzene rings is 1. The topological polar surface area (TPSA) is 44.1 Å². The Kier molecular flexibility index (Phi) is 7.01. The van der Waals surface area contributed by atoms with E-state index in [1.54, 1.807) is 0 Å².